The van der Waals surface area contributed by atoms with E-state index >= 15 is 0 Å². The second-order valence-corrected chi connectivity index (χ2v) is 6.64. The van der Waals surface area contributed by atoms with Gasteiger partial charge in [-0.05, 0) is 56.4 Å². The largest absolute Gasteiger partial charge is 0.507 e. The Bertz CT molecular complexity index is 1070. The van der Waals surface area contributed by atoms with Crippen molar-refractivity contribution in [1.29, 1.82) is 0 Å². The number of phenolic OH excluding ortho intramolecular Hbond substituents is 1. The fraction of sp³-hybridized carbons (Fsp3) is 0.250. The van der Waals surface area contributed by atoms with E-state index in [9.17, 15) is 9.90 Å². The predicted molar refractivity (Wildman–Crippen MR) is 97.8 cm³/mol. The standard InChI is InChI=1S/C20H19NO5/c1-11-13-5-6-15(22)14(9-21(2)3)19(13)26-20(23)18(11)12-4-7-16-17(8-12)25-10-24-16/h4-8,22H,9-10H2,1-3H3. The molecule has 1 N–H and O–H groups in total. The summed E-state index contributed by atoms with van der Waals surface area (Å²) in [6, 6.07) is 8.81. The van der Waals surface area contributed by atoms with E-state index in [4.69, 9.17) is 13.9 Å². The fourth-order valence-corrected chi connectivity index (χ4v) is 3.32. The number of rotatable bonds is 3. The Balaban J connectivity index is 1.95. The lowest BCUT2D eigenvalue weighted by Gasteiger charge is -2.15. The summed E-state index contributed by atoms with van der Waals surface area (Å²) in [5, 5.41) is 11.0. The van der Waals surface area contributed by atoms with Gasteiger partial charge in [-0.3, -0.25) is 0 Å². The Morgan fingerprint density at radius 3 is 2.65 bits per heavy atom. The van der Waals surface area contributed by atoms with Gasteiger partial charge in [-0.2, -0.15) is 0 Å². The molecule has 0 bridgehead atoms. The second-order valence-electron chi connectivity index (χ2n) is 6.64. The zero-order chi connectivity index (χ0) is 18.4. The van der Waals surface area contributed by atoms with Crippen molar-refractivity contribution in [2.75, 3.05) is 20.9 Å². The molecule has 0 saturated carbocycles. The highest BCUT2D eigenvalue weighted by atomic mass is 16.7. The smallest absolute Gasteiger partial charge is 0.344 e. The molecule has 2 heterocycles. The molecule has 134 valence electrons. The second kappa shape index (κ2) is 6.07. The van der Waals surface area contributed by atoms with Gasteiger partial charge in [0.1, 0.15) is 11.3 Å². The van der Waals surface area contributed by atoms with Crippen LogP contribution in [0.15, 0.2) is 39.5 Å². The molecule has 0 unspecified atom stereocenters. The number of aryl methyl sites for hydroxylation is 1. The number of benzene rings is 2. The molecule has 0 aliphatic carbocycles. The van der Waals surface area contributed by atoms with Crippen LogP contribution in [0.2, 0.25) is 0 Å². The van der Waals surface area contributed by atoms with Crippen molar-refractivity contribution >= 4 is 11.0 Å². The van der Waals surface area contributed by atoms with E-state index in [2.05, 4.69) is 0 Å². The molecule has 0 saturated heterocycles. The van der Waals surface area contributed by atoms with Crippen LogP contribution >= 0.6 is 0 Å². The van der Waals surface area contributed by atoms with Gasteiger partial charge < -0.3 is 23.9 Å². The van der Waals surface area contributed by atoms with Gasteiger partial charge in [-0.25, -0.2) is 4.79 Å². The summed E-state index contributed by atoms with van der Waals surface area (Å²) < 4.78 is 16.4. The molecule has 6 heteroatoms. The van der Waals surface area contributed by atoms with Gasteiger partial charge in [0.2, 0.25) is 6.79 Å². The summed E-state index contributed by atoms with van der Waals surface area (Å²) in [7, 11) is 3.79. The first-order valence-electron chi connectivity index (χ1n) is 8.28. The molecule has 4 rings (SSSR count). The maximum Gasteiger partial charge on any atom is 0.344 e. The van der Waals surface area contributed by atoms with Crippen LogP contribution < -0.4 is 15.1 Å². The van der Waals surface area contributed by atoms with Crippen molar-refractivity contribution in [1.82, 2.24) is 4.90 Å². The SMILES string of the molecule is Cc1c(-c2ccc3c(c2)OCO3)c(=O)oc2c(CN(C)C)c(O)ccc12. The van der Waals surface area contributed by atoms with Crippen molar-refractivity contribution in [2.45, 2.75) is 13.5 Å². The third kappa shape index (κ3) is 2.59. The van der Waals surface area contributed by atoms with E-state index in [1.165, 1.54) is 0 Å². The van der Waals surface area contributed by atoms with Gasteiger partial charge in [0, 0.05) is 11.9 Å². The van der Waals surface area contributed by atoms with Gasteiger partial charge in [0.15, 0.2) is 11.5 Å². The summed E-state index contributed by atoms with van der Waals surface area (Å²) in [5.74, 6) is 1.39. The zero-order valence-electron chi connectivity index (χ0n) is 14.8. The summed E-state index contributed by atoms with van der Waals surface area (Å²) in [5.41, 5.74) is 2.58. The van der Waals surface area contributed by atoms with Crippen LogP contribution in [-0.2, 0) is 6.54 Å². The lowest BCUT2D eigenvalue weighted by Crippen LogP contribution is -2.13. The lowest BCUT2D eigenvalue weighted by molar-refractivity contribution is 0.174. The Morgan fingerprint density at radius 1 is 1.12 bits per heavy atom. The van der Waals surface area contributed by atoms with Crippen molar-refractivity contribution in [3.63, 3.8) is 0 Å². The minimum atomic E-state index is -0.445. The van der Waals surface area contributed by atoms with E-state index in [-0.39, 0.29) is 12.5 Å². The van der Waals surface area contributed by atoms with Crippen molar-refractivity contribution in [3.05, 3.63) is 51.9 Å². The normalized spacial score (nSPS) is 12.9. The van der Waals surface area contributed by atoms with Gasteiger partial charge >= 0.3 is 5.63 Å². The summed E-state index contributed by atoms with van der Waals surface area (Å²) in [6.07, 6.45) is 0. The zero-order valence-corrected chi connectivity index (χ0v) is 14.8. The van der Waals surface area contributed by atoms with E-state index < -0.39 is 5.63 Å². The quantitative estimate of drug-likeness (QED) is 0.729. The molecule has 1 aromatic heterocycles. The monoisotopic (exact) mass is 353 g/mol. The molecule has 1 aliphatic rings. The minimum absolute atomic E-state index is 0.115. The number of hydrogen-bond acceptors (Lipinski definition) is 6. The average molecular weight is 353 g/mol. The summed E-state index contributed by atoms with van der Waals surface area (Å²) in [4.78, 5) is 14.7. The molecular weight excluding hydrogens is 334 g/mol. The van der Waals surface area contributed by atoms with Crippen LogP contribution in [0.3, 0.4) is 0 Å². The Kier molecular flexibility index (Phi) is 3.85. The molecule has 0 amide bonds. The highest BCUT2D eigenvalue weighted by Gasteiger charge is 2.20. The molecule has 1 aliphatic heterocycles. The van der Waals surface area contributed by atoms with Crippen LogP contribution in [-0.4, -0.2) is 30.9 Å². The highest BCUT2D eigenvalue weighted by Crippen LogP contribution is 2.38. The van der Waals surface area contributed by atoms with Crippen LogP contribution in [0.5, 0.6) is 17.2 Å². The first-order valence-corrected chi connectivity index (χ1v) is 8.28. The molecular formula is C20H19NO5. The highest BCUT2D eigenvalue weighted by molar-refractivity contribution is 5.90. The van der Waals surface area contributed by atoms with Crippen LogP contribution in [0.25, 0.3) is 22.1 Å². The van der Waals surface area contributed by atoms with Gasteiger partial charge in [-0.1, -0.05) is 6.07 Å². The summed E-state index contributed by atoms with van der Waals surface area (Å²) >= 11 is 0. The Hall–Kier alpha value is -2.99. The van der Waals surface area contributed by atoms with Crippen LogP contribution in [0.1, 0.15) is 11.1 Å². The van der Waals surface area contributed by atoms with E-state index in [1.807, 2.05) is 32.0 Å². The number of phenols is 1. The van der Waals surface area contributed by atoms with Crippen LogP contribution in [0, 0.1) is 6.92 Å². The first kappa shape index (κ1) is 16.5. The molecule has 0 radical (unpaired) electrons. The minimum Gasteiger partial charge on any atom is -0.507 e. The average Bonchev–Trinajstić information content (AvgIpc) is 3.05. The predicted octanol–water partition coefficient (Wildman–Crippen LogP) is 3.26. The van der Waals surface area contributed by atoms with Crippen molar-refractivity contribution in [3.8, 4) is 28.4 Å². The first-order chi connectivity index (χ1) is 12.5. The number of nitrogens with zero attached hydrogens (tertiary/aromatic N) is 1. The topological polar surface area (TPSA) is 72.1 Å². The Morgan fingerprint density at radius 2 is 1.88 bits per heavy atom. The fourth-order valence-electron chi connectivity index (χ4n) is 3.32. The summed E-state index contributed by atoms with van der Waals surface area (Å²) in [6.45, 7) is 2.53. The number of ether oxygens (including phenoxy) is 2. The molecule has 6 nitrogen and oxygen atoms in total. The van der Waals surface area contributed by atoms with Crippen molar-refractivity contribution < 1.29 is 19.0 Å². The molecule has 0 spiro atoms. The third-order valence-electron chi connectivity index (χ3n) is 4.55. The van der Waals surface area contributed by atoms with Gasteiger partial charge in [0.25, 0.3) is 0 Å². The molecule has 0 atom stereocenters. The number of fused-ring (bicyclic) bond motifs is 2. The molecule has 3 aromatic rings. The maximum atomic E-state index is 12.8. The maximum absolute atomic E-state index is 12.8. The number of aromatic hydroxyl groups is 1. The van der Waals surface area contributed by atoms with E-state index in [0.717, 1.165) is 10.9 Å². The van der Waals surface area contributed by atoms with Crippen LogP contribution in [0.4, 0.5) is 0 Å². The van der Waals surface area contributed by atoms with Gasteiger partial charge in [0.05, 0.1) is 11.1 Å². The van der Waals surface area contributed by atoms with E-state index in [0.29, 0.717) is 40.3 Å². The van der Waals surface area contributed by atoms with E-state index in [1.54, 1.807) is 24.3 Å². The molecule has 26 heavy (non-hydrogen) atoms. The molecule has 0 fully saturated rings. The lowest BCUT2D eigenvalue weighted by atomic mass is 9.97. The molecule has 2 aromatic carbocycles. The number of hydrogen-bond donors (Lipinski definition) is 1. The Labute approximate surface area is 150 Å². The van der Waals surface area contributed by atoms with Gasteiger partial charge in [-0.15, -0.1) is 0 Å². The third-order valence-corrected chi connectivity index (χ3v) is 4.55. The van der Waals surface area contributed by atoms with Crippen molar-refractivity contribution in [2.24, 2.45) is 0 Å².